The quantitative estimate of drug-likeness (QED) is 0.217. The molecule has 1 heterocycles. The van der Waals surface area contributed by atoms with Gasteiger partial charge in [0.15, 0.2) is 0 Å². The highest BCUT2D eigenvalue weighted by molar-refractivity contribution is 6.17. The van der Waals surface area contributed by atoms with E-state index < -0.39 is 0 Å². The molecule has 8 aromatic rings. The number of nitrogens with zero attached hydrogens (tertiary/aromatic N) is 1. The van der Waals surface area contributed by atoms with E-state index in [1.54, 1.807) is 0 Å². The Hall–Kier alpha value is -5.34. The van der Waals surface area contributed by atoms with Crippen LogP contribution in [0.25, 0.3) is 54.6 Å². The van der Waals surface area contributed by atoms with Crippen LogP contribution in [0.5, 0.6) is 0 Å². The molecule has 43 heavy (non-hydrogen) atoms. The summed E-state index contributed by atoms with van der Waals surface area (Å²) in [6.45, 7) is 4.69. The molecular weight excluding hydrogens is 522 g/mol. The van der Waals surface area contributed by atoms with E-state index >= 15 is 0 Å². The van der Waals surface area contributed by atoms with Crippen molar-refractivity contribution in [1.29, 1.82) is 0 Å². The SMILES string of the molecule is CC1(C)c2ccccc2-c2ccc(N(c3ccc4ccccc4c3)c3cccc4c3ccc3c5ccccc5oc43)cc21. The average molecular weight is 552 g/mol. The highest BCUT2D eigenvalue weighted by Gasteiger charge is 2.35. The van der Waals surface area contributed by atoms with Crippen molar-refractivity contribution in [2.45, 2.75) is 19.3 Å². The van der Waals surface area contributed by atoms with E-state index in [0.29, 0.717) is 0 Å². The van der Waals surface area contributed by atoms with E-state index in [9.17, 15) is 0 Å². The minimum atomic E-state index is -0.0871. The molecule has 0 aliphatic heterocycles. The first-order valence-corrected chi connectivity index (χ1v) is 14.9. The van der Waals surface area contributed by atoms with Gasteiger partial charge in [-0.25, -0.2) is 0 Å². The Labute approximate surface area is 250 Å². The van der Waals surface area contributed by atoms with Gasteiger partial charge in [0.1, 0.15) is 11.2 Å². The molecule has 0 saturated carbocycles. The number of hydrogen-bond donors (Lipinski definition) is 0. The van der Waals surface area contributed by atoms with Gasteiger partial charge < -0.3 is 9.32 Å². The summed E-state index contributed by atoms with van der Waals surface area (Å²) in [7, 11) is 0. The van der Waals surface area contributed by atoms with Gasteiger partial charge in [-0.1, -0.05) is 111 Å². The smallest absolute Gasteiger partial charge is 0.143 e. The van der Waals surface area contributed by atoms with Crippen molar-refractivity contribution >= 4 is 60.5 Å². The number of fused-ring (bicyclic) bond motifs is 9. The van der Waals surface area contributed by atoms with Gasteiger partial charge in [0, 0.05) is 38.3 Å². The Balaban J connectivity index is 1.32. The summed E-state index contributed by atoms with van der Waals surface area (Å²) in [6, 6.07) is 50.6. The predicted molar refractivity (Wildman–Crippen MR) is 181 cm³/mol. The normalized spacial score (nSPS) is 13.5. The minimum Gasteiger partial charge on any atom is -0.455 e. The van der Waals surface area contributed by atoms with Gasteiger partial charge in [0.25, 0.3) is 0 Å². The predicted octanol–water partition coefficient (Wildman–Crippen LogP) is 11.7. The van der Waals surface area contributed by atoms with E-state index in [1.165, 1.54) is 33.0 Å². The summed E-state index contributed by atoms with van der Waals surface area (Å²) >= 11 is 0. The van der Waals surface area contributed by atoms with Crippen LogP contribution < -0.4 is 4.90 Å². The maximum Gasteiger partial charge on any atom is 0.143 e. The molecule has 1 aliphatic carbocycles. The highest BCUT2D eigenvalue weighted by Crippen LogP contribution is 2.51. The highest BCUT2D eigenvalue weighted by atomic mass is 16.3. The Morgan fingerprint density at radius 2 is 1.16 bits per heavy atom. The third-order valence-corrected chi connectivity index (χ3v) is 9.44. The molecule has 0 unspecified atom stereocenters. The second kappa shape index (κ2) is 8.83. The van der Waals surface area contributed by atoms with Crippen molar-refractivity contribution < 1.29 is 4.42 Å². The third kappa shape index (κ3) is 3.47. The second-order valence-electron chi connectivity index (χ2n) is 12.2. The van der Waals surface area contributed by atoms with Gasteiger partial charge >= 0.3 is 0 Å². The van der Waals surface area contributed by atoms with E-state index in [1.807, 2.05) is 6.07 Å². The lowest BCUT2D eigenvalue weighted by Crippen LogP contribution is -2.16. The first-order chi connectivity index (χ1) is 21.1. The lowest BCUT2D eigenvalue weighted by atomic mass is 9.82. The van der Waals surface area contributed by atoms with Gasteiger partial charge in [0.05, 0.1) is 5.69 Å². The summed E-state index contributed by atoms with van der Waals surface area (Å²) in [6.07, 6.45) is 0. The fourth-order valence-corrected chi connectivity index (χ4v) is 7.29. The van der Waals surface area contributed by atoms with Gasteiger partial charge in [-0.3, -0.25) is 0 Å². The van der Waals surface area contributed by atoms with Crippen molar-refractivity contribution in [3.05, 3.63) is 151 Å². The lowest BCUT2D eigenvalue weighted by Gasteiger charge is -2.29. The zero-order chi connectivity index (χ0) is 28.7. The Kier molecular flexibility index (Phi) is 4.99. The number of anilines is 3. The summed E-state index contributed by atoms with van der Waals surface area (Å²) < 4.78 is 6.47. The van der Waals surface area contributed by atoms with Gasteiger partial charge in [-0.05, 0) is 75.5 Å². The topological polar surface area (TPSA) is 16.4 Å². The van der Waals surface area contributed by atoms with Gasteiger partial charge in [0.2, 0.25) is 0 Å². The molecular formula is C41H29NO. The Morgan fingerprint density at radius 3 is 2.09 bits per heavy atom. The molecule has 7 aromatic carbocycles. The molecule has 2 nitrogen and oxygen atoms in total. The number of hydrogen-bond acceptors (Lipinski definition) is 2. The zero-order valence-electron chi connectivity index (χ0n) is 24.1. The van der Waals surface area contributed by atoms with Crippen molar-refractivity contribution in [3.63, 3.8) is 0 Å². The first kappa shape index (κ1) is 24.3. The van der Waals surface area contributed by atoms with Crippen LogP contribution in [0.1, 0.15) is 25.0 Å². The summed E-state index contributed by atoms with van der Waals surface area (Å²) in [5, 5.41) is 7.03. The monoisotopic (exact) mass is 551 g/mol. The molecule has 0 saturated heterocycles. The van der Waals surface area contributed by atoms with E-state index in [4.69, 9.17) is 4.42 Å². The molecule has 0 fully saturated rings. The summed E-state index contributed by atoms with van der Waals surface area (Å²) in [5.41, 5.74) is 10.6. The number of furan rings is 1. The third-order valence-electron chi connectivity index (χ3n) is 9.44. The maximum atomic E-state index is 6.47. The number of rotatable bonds is 3. The van der Waals surface area contributed by atoms with Crippen LogP contribution in [0, 0.1) is 0 Å². The molecule has 1 aliphatic rings. The zero-order valence-corrected chi connectivity index (χ0v) is 24.1. The van der Waals surface area contributed by atoms with E-state index in [0.717, 1.165) is 49.8 Å². The standard InChI is InChI=1S/C41H29NO/c1-41(2)36-15-7-5-12-30(36)31-21-20-29(25-37(31)41)42(28-19-18-26-10-3-4-11-27(26)24-28)38-16-9-14-34-32(38)22-23-35-33-13-6-8-17-39(33)43-40(34)35/h3-25H,1-2H3. The summed E-state index contributed by atoms with van der Waals surface area (Å²) in [4.78, 5) is 2.42. The summed E-state index contributed by atoms with van der Waals surface area (Å²) in [5.74, 6) is 0. The van der Waals surface area contributed by atoms with Crippen LogP contribution >= 0.6 is 0 Å². The lowest BCUT2D eigenvalue weighted by molar-refractivity contribution is 0.660. The van der Waals surface area contributed by atoms with Gasteiger partial charge in [-0.2, -0.15) is 0 Å². The van der Waals surface area contributed by atoms with Crippen LogP contribution in [0.3, 0.4) is 0 Å². The molecule has 0 atom stereocenters. The number of benzene rings is 7. The first-order valence-electron chi connectivity index (χ1n) is 14.9. The second-order valence-corrected chi connectivity index (χ2v) is 12.2. The fraction of sp³-hybridized carbons (Fsp3) is 0.0732. The van der Waals surface area contributed by atoms with Crippen molar-refractivity contribution in [3.8, 4) is 11.1 Å². The van der Waals surface area contributed by atoms with Crippen LogP contribution in [-0.4, -0.2) is 0 Å². The molecule has 0 amide bonds. The largest absolute Gasteiger partial charge is 0.455 e. The maximum absolute atomic E-state index is 6.47. The molecule has 2 heteroatoms. The number of para-hydroxylation sites is 1. The van der Waals surface area contributed by atoms with Crippen LogP contribution in [-0.2, 0) is 5.41 Å². The van der Waals surface area contributed by atoms with E-state index in [-0.39, 0.29) is 5.41 Å². The van der Waals surface area contributed by atoms with Crippen molar-refractivity contribution in [1.82, 2.24) is 0 Å². The van der Waals surface area contributed by atoms with Crippen LogP contribution in [0.15, 0.2) is 144 Å². The van der Waals surface area contributed by atoms with Crippen LogP contribution in [0.4, 0.5) is 17.1 Å². The molecule has 0 N–H and O–H groups in total. The van der Waals surface area contributed by atoms with E-state index in [2.05, 4.69) is 152 Å². The van der Waals surface area contributed by atoms with Gasteiger partial charge in [-0.15, -0.1) is 0 Å². The Morgan fingerprint density at radius 1 is 0.488 bits per heavy atom. The minimum absolute atomic E-state index is 0.0871. The fourth-order valence-electron chi connectivity index (χ4n) is 7.29. The Bertz CT molecular complexity index is 2390. The molecule has 9 rings (SSSR count). The molecule has 204 valence electrons. The average Bonchev–Trinajstić information content (AvgIpc) is 3.54. The van der Waals surface area contributed by atoms with Crippen molar-refractivity contribution in [2.24, 2.45) is 0 Å². The molecule has 1 aromatic heterocycles. The molecule has 0 bridgehead atoms. The molecule has 0 spiro atoms. The van der Waals surface area contributed by atoms with Crippen LogP contribution in [0.2, 0.25) is 0 Å². The molecule has 0 radical (unpaired) electrons. The van der Waals surface area contributed by atoms with Crippen molar-refractivity contribution in [2.75, 3.05) is 4.90 Å².